The fraction of sp³-hybridized carbons (Fsp3) is 0.368. The van der Waals surface area contributed by atoms with Gasteiger partial charge in [0.1, 0.15) is 0 Å². The van der Waals surface area contributed by atoms with Crippen molar-refractivity contribution in [2.45, 2.75) is 39.7 Å². The second kappa shape index (κ2) is 7.25. The van der Waals surface area contributed by atoms with Gasteiger partial charge < -0.3 is 5.32 Å². The molecule has 0 fully saturated rings. The summed E-state index contributed by atoms with van der Waals surface area (Å²) in [5.41, 5.74) is 5.51. The highest BCUT2D eigenvalue weighted by Gasteiger charge is 2.04. The van der Waals surface area contributed by atoms with E-state index in [1.807, 2.05) is 0 Å². The molecule has 0 aromatic heterocycles. The number of hydrogen-bond donors (Lipinski definition) is 1. The first-order chi connectivity index (χ1) is 9.65. The zero-order chi connectivity index (χ0) is 14.4. The van der Waals surface area contributed by atoms with Crippen molar-refractivity contribution < 1.29 is 0 Å². The lowest BCUT2D eigenvalue weighted by molar-refractivity contribution is 0.594. The minimum absolute atomic E-state index is 0.614. The average Bonchev–Trinajstić information content (AvgIpc) is 2.43. The Hall–Kier alpha value is -1.60. The predicted molar refractivity (Wildman–Crippen MR) is 87.1 cm³/mol. The van der Waals surface area contributed by atoms with E-state index in [-0.39, 0.29) is 0 Å². The van der Waals surface area contributed by atoms with Crippen molar-refractivity contribution >= 4 is 0 Å². The third-order valence-electron chi connectivity index (χ3n) is 3.73. The maximum atomic E-state index is 3.56. The van der Waals surface area contributed by atoms with Gasteiger partial charge in [-0.1, -0.05) is 66.6 Å². The molecule has 2 rings (SSSR count). The Labute approximate surface area is 123 Å². The molecule has 1 heteroatoms. The van der Waals surface area contributed by atoms with Crippen LogP contribution in [0, 0.1) is 13.8 Å². The summed E-state index contributed by atoms with van der Waals surface area (Å²) in [7, 11) is 0. The Balaban J connectivity index is 1.76. The van der Waals surface area contributed by atoms with Crippen LogP contribution >= 0.6 is 0 Å². The summed E-state index contributed by atoms with van der Waals surface area (Å²) >= 11 is 0. The van der Waals surface area contributed by atoms with Crippen molar-refractivity contribution in [1.29, 1.82) is 0 Å². The number of rotatable bonds is 6. The van der Waals surface area contributed by atoms with Crippen molar-refractivity contribution in [3.63, 3.8) is 0 Å². The van der Waals surface area contributed by atoms with Gasteiger partial charge in [-0.3, -0.25) is 0 Å². The second-order valence-corrected chi connectivity index (χ2v) is 5.77. The van der Waals surface area contributed by atoms with E-state index in [9.17, 15) is 0 Å². The Morgan fingerprint density at radius 1 is 0.950 bits per heavy atom. The van der Waals surface area contributed by atoms with E-state index in [4.69, 9.17) is 0 Å². The summed E-state index contributed by atoms with van der Waals surface area (Å²) in [5, 5.41) is 3.56. The lowest BCUT2D eigenvalue weighted by atomic mass is 9.98. The molecule has 20 heavy (non-hydrogen) atoms. The van der Waals surface area contributed by atoms with Gasteiger partial charge in [0.25, 0.3) is 0 Å². The van der Waals surface area contributed by atoms with Gasteiger partial charge in [0.05, 0.1) is 0 Å². The van der Waals surface area contributed by atoms with Gasteiger partial charge in [0, 0.05) is 6.54 Å². The van der Waals surface area contributed by atoms with Crippen molar-refractivity contribution in [2.24, 2.45) is 0 Å². The molecule has 0 radical (unpaired) electrons. The normalized spacial score (nSPS) is 12.3. The predicted octanol–water partition coefficient (Wildman–Crippen LogP) is 4.59. The molecule has 2 aromatic rings. The van der Waals surface area contributed by atoms with E-state index in [0.29, 0.717) is 5.92 Å². The van der Waals surface area contributed by atoms with Crippen LogP contribution in [0.1, 0.15) is 41.5 Å². The molecule has 0 aliphatic heterocycles. The maximum Gasteiger partial charge on any atom is 0.0205 e. The largest absolute Gasteiger partial charge is 0.313 e. The van der Waals surface area contributed by atoms with E-state index in [1.165, 1.54) is 28.7 Å². The average molecular weight is 267 g/mol. The summed E-state index contributed by atoms with van der Waals surface area (Å²) < 4.78 is 0. The van der Waals surface area contributed by atoms with Gasteiger partial charge in [0.15, 0.2) is 0 Å². The molecule has 0 amide bonds. The fourth-order valence-corrected chi connectivity index (χ4v) is 2.67. The van der Waals surface area contributed by atoms with Crippen molar-refractivity contribution in [2.75, 3.05) is 6.54 Å². The molecule has 0 aliphatic rings. The molecule has 0 saturated heterocycles. The zero-order valence-corrected chi connectivity index (χ0v) is 12.8. The minimum Gasteiger partial charge on any atom is -0.313 e. The molecule has 0 aliphatic carbocycles. The molecule has 1 unspecified atom stereocenters. The van der Waals surface area contributed by atoms with Crippen LogP contribution in [0.5, 0.6) is 0 Å². The van der Waals surface area contributed by atoms with Crippen LogP contribution in [0.4, 0.5) is 0 Å². The van der Waals surface area contributed by atoms with Crippen LogP contribution in [0.3, 0.4) is 0 Å². The number of hydrogen-bond acceptors (Lipinski definition) is 1. The summed E-state index contributed by atoms with van der Waals surface area (Å²) in [6, 6.07) is 17.5. The van der Waals surface area contributed by atoms with Gasteiger partial charge in [0.2, 0.25) is 0 Å². The molecule has 2 aromatic carbocycles. The van der Waals surface area contributed by atoms with Gasteiger partial charge >= 0.3 is 0 Å². The molecule has 0 saturated carbocycles. The van der Waals surface area contributed by atoms with Crippen molar-refractivity contribution in [3.8, 4) is 0 Å². The quantitative estimate of drug-likeness (QED) is 0.755. The first-order valence-corrected chi connectivity index (χ1v) is 7.48. The smallest absolute Gasteiger partial charge is 0.0205 e. The molecule has 0 spiro atoms. The van der Waals surface area contributed by atoms with E-state index in [1.54, 1.807) is 0 Å². The second-order valence-electron chi connectivity index (χ2n) is 5.77. The number of benzene rings is 2. The summed E-state index contributed by atoms with van der Waals surface area (Å²) in [6.07, 6.45) is 1.18. The lowest BCUT2D eigenvalue weighted by Crippen LogP contribution is -2.16. The highest BCUT2D eigenvalue weighted by atomic mass is 14.8. The maximum absolute atomic E-state index is 3.56. The van der Waals surface area contributed by atoms with Crippen molar-refractivity contribution in [3.05, 3.63) is 70.8 Å². The number of aryl methyl sites for hydroxylation is 2. The highest BCUT2D eigenvalue weighted by Crippen LogP contribution is 2.17. The van der Waals surface area contributed by atoms with E-state index >= 15 is 0 Å². The monoisotopic (exact) mass is 267 g/mol. The topological polar surface area (TPSA) is 12.0 Å². The SMILES string of the molecule is Cc1cc(C)cc(CNCCC(C)c2ccccc2)c1. The van der Waals surface area contributed by atoms with Crippen LogP contribution < -0.4 is 5.32 Å². The van der Waals surface area contributed by atoms with Gasteiger partial charge in [-0.2, -0.15) is 0 Å². The molecule has 1 N–H and O–H groups in total. The first-order valence-electron chi connectivity index (χ1n) is 7.48. The minimum atomic E-state index is 0.614. The van der Waals surface area contributed by atoms with Crippen LogP contribution in [0.15, 0.2) is 48.5 Å². The van der Waals surface area contributed by atoms with Crippen LogP contribution in [-0.2, 0) is 6.54 Å². The molecule has 106 valence electrons. The lowest BCUT2D eigenvalue weighted by Gasteiger charge is -2.13. The van der Waals surface area contributed by atoms with Crippen LogP contribution in [0.25, 0.3) is 0 Å². The molecule has 1 nitrogen and oxygen atoms in total. The summed E-state index contributed by atoms with van der Waals surface area (Å²) in [5.74, 6) is 0.614. The molecule has 1 atom stereocenters. The van der Waals surface area contributed by atoms with Crippen LogP contribution in [-0.4, -0.2) is 6.54 Å². The Morgan fingerprint density at radius 3 is 2.25 bits per heavy atom. The Morgan fingerprint density at radius 2 is 1.60 bits per heavy atom. The third kappa shape index (κ3) is 4.50. The first kappa shape index (κ1) is 14.8. The van der Waals surface area contributed by atoms with Crippen LogP contribution in [0.2, 0.25) is 0 Å². The third-order valence-corrected chi connectivity index (χ3v) is 3.73. The molecule has 0 bridgehead atoms. The van der Waals surface area contributed by atoms with Gasteiger partial charge in [-0.15, -0.1) is 0 Å². The molecule has 0 heterocycles. The van der Waals surface area contributed by atoms with E-state index in [2.05, 4.69) is 74.6 Å². The van der Waals surface area contributed by atoms with Gasteiger partial charge in [-0.05, 0) is 43.9 Å². The zero-order valence-electron chi connectivity index (χ0n) is 12.8. The van der Waals surface area contributed by atoms with E-state index in [0.717, 1.165) is 13.1 Å². The number of nitrogens with one attached hydrogen (secondary N) is 1. The Kier molecular flexibility index (Phi) is 5.37. The summed E-state index contributed by atoms with van der Waals surface area (Å²) in [6.45, 7) is 8.64. The molecular weight excluding hydrogens is 242 g/mol. The standard InChI is InChI=1S/C19H25N/c1-15-11-16(2)13-18(12-15)14-20-10-9-17(3)19-7-5-4-6-8-19/h4-8,11-13,17,20H,9-10,14H2,1-3H3. The molecular formula is C19H25N. The highest BCUT2D eigenvalue weighted by molar-refractivity contribution is 5.28. The van der Waals surface area contributed by atoms with Gasteiger partial charge in [-0.25, -0.2) is 0 Å². The van der Waals surface area contributed by atoms with E-state index < -0.39 is 0 Å². The summed E-state index contributed by atoms with van der Waals surface area (Å²) in [4.78, 5) is 0. The van der Waals surface area contributed by atoms with Crippen molar-refractivity contribution in [1.82, 2.24) is 5.32 Å². The Bertz CT molecular complexity index is 510. The fourth-order valence-electron chi connectivity index (χ4n) is 2.67.